The lowest BCUT2D eigenvalue weighted by Gasteiger charge is -2.20. The van der Waals surface area contributed by atoms with Crippen molar-refractivity contribution in [2.24, 2.45) is 0 Å². The normalized spacial score (nSPS) is 12.6. The van der Waals surface area contributed by atoms with E-state index in [0.717, 1.165) is 29.6 Å². The van der Waals surface area contributed by atoms with Crippen LogP contribution in [0.25, 0.3) is 0 Å². The number of halogens is 1. The maximum Gasteiger partial charge on any atom is 0.139 e. The van der Waals surface area contributed by atoms with Gasteiger partial charge in [-0.15, -0.1) is 0 Å². The molecule has 2 aromatic heterocycles. The highest BCUT2D eigenvalue weighted by atomic mass is 79.9. The molecule has 0 radical (unpaired) electrons. The Balaban J connectivity index is 2.40. The molecule has 0 aromatic carbocycles. The van der Waals surface area contributed by atoms with Crippen LogP contribution < -0.4 is 5.32 Å². The van der Waals surface area contributed by atoms with E-state index in [9.17, 15) is 0 Å². The summed E-state index contributed by atoms with van der Waals surface area (Å²) in [5.74, 6) is 0.925. The number of aryl methyl sites for hydroxylation is 1. The van der Waals surface area contributed by atoms with E-state index in [1.165, 1.54) is 11.1 Å². The predicted octanol–water partition coefficient (Wildman–Crippen LogP) is 4.09. The van der Waals surface area contributed by atoms with E-state index < -0.39 is 0 Å². The van der Waals surface area contributed by atoms with E-state index in [2.05, 4.69) is 46.1 Å². The molecule has 1 atom stereocenters. The van der Waals surface area contributed by atoms with Crippen molar-refractivity contribution >= 4 is 15.9 Å². The molecule has 2 aromatic rings. The van der Waals surface area contributed by atoms with Gasteiger partial charge in [0.2, 0.25) is 0 Å². The SMILES string of the molecule is CCCNC(c1ccncc1CC)c1occc1Br. The second-order valence-electron chi connectivity index (χ2n) is 4.45. The minimum absolute atomic E-state index is 0.0716. The van der Waals surface area contributed by atoms with Crippen LogP contribution in [0.4, 0.5) is 0 Å². The molecule has 0 aliphatic rings. The van der Waals surface area contributed by atoms with Crippen LogP contribution in [-0.2, 0) is 6.42 Å². The first-order chi connectivity index (χ1) is 9.27. The summed E-state index contributed by atoms with van der Waals surface area (Å²) in [6.45, 7) is 5.26. The lowest BCUT2D eigenvalue weighted by molar-refractivity contribution is 0.443. The fourth-order valence-corrected chi connectivity index (χ4v) is 2.59. The summed E-state index contributed by atoms with van der Waals surface area (Å²) in [5.41, 5.74) is 2.49. The summed E-state index contributed by atoms with van der Waals surface area (Å²) in [5, 5.41) is 3.55. The highest BCUT2D eigenvalue weighted by Gasteiger charge is 2.21. The summed E-state index contributed by atoms with van der Waals surface area (Å²) in [7, 11) is 0. The molecule has 2 rings (SSSR count). The summed E-state index contributed by atoms with van der Waals surface area (Å²) in [4.78, 5) is 4.21. The third kappa shape index (κ3) is 3.25. The molecule has 0 saturated heterocycles. The van der Waals surface area contributed by atoms with Gasteiger partial charge < -0.3 is 9.73 Å². The van der Waals surface area contributed by atoms with Crippen LogP contribution in [0.5, 0.6) is 0 Å². The molecule has 1 unspecified atom stereocenters. The smallest absolute Gasteiger partial charge is 0.139 e. The van der Waals surface area contributed by atoms with Gasteiger partial charge in [0.05, 0.1) is 16.8 Å². The number of pyridine rings is 1. The number of aromatic nitrogens is 1. The van der Waals surface area contributed by atoms with Crippen LogP contribution in [0.1, 0.15) is 43.2 Å². The highest BCUT2D eigenvalue weighted by molar-refractivity contribution is 9.10. The minimum Gasteiger partial charge on any atom is -0.466 e. The molecule has 0 fully saturated rings. The lowest BCUT2D eigenvalue weighted by Crippen LogP contribution is -2.24. The molecule has 0 bridgehead atoms. The van der Waals surface area contributed by atoms with Crippen LogP contribution in [0.15, 0.2) is 39.7 Å². The largest absolute Gasteiger partial charge is 0.466 e. The quantitative estimate of drug-likeness (QED) is 0.870. The van der Waals surface area contributed by atoms with E-state index in [1.807, 2.05) is 18.5 Å². The predicted molar refractivity (Wildman–Crippen MR) is 80.2 cm³/mol. The van der Waals surface area contributed by atoms with Gasteiger partial charge in [0, 0.05) is 12.4 Å². The number of nitrogens with zero attached hydrogens (tertiary/aromatic N) is 1. The fraction of sp³-hybridized carbons (Fsp3) is 0.400. The van der Waals surface area contributed by atoms with Crippen molar-refractivity contribution in [3.05, 3.63) is 52.1 Å². The molecule has 0 aliphatic carbocycles. The highest BCUT2D eigenvalue weighted by Crippen LogP contribution is 2.31. The number of furan rings is 1. The minimum atomic E-state index is 0.0716. The zero-order chi connectivity index (χ0) is 13.7. The molecule has 1 N–H and O–H groups in total. The Hall–Kier alpha value is -1.13. The summed E-state index contributed by atoms with van der Waals surface area (Å²) < 4.78 is 6.65. The maximum absolute atomic E-state index is 5.65. The number of hydrogen-bond donors (Lipinski definition) is 1. The van der Waals surface area contributed by atoms with E-state index in [1.54, 1.807) is 6.26 Å². The van der Waals surface area contributed by atoms with Gasteiger partial charge in [-0.2, -0.15) is 0 Å². The zero-order valence-electron chi connectivity index (χ0n) is 11.3. The lowest BCUT2D eigenvalue weighted by atomic mass is 9.99. The van der Waals surface area contributed by atoms with E-state index in [-0.39, 0.29) is 6.04 Å². The van der Waals surface area contributed by atoms with E-state index >= 15 is 0 Å². The molecule has 0 amide bonds. The molecule has 2 heterocycles. The van der Waals surface area contributed by atoms with E-state index in [4.69, 9.17) is 4.42 Å². The van der Waals surface area contributed by atoms with Gasteiger partial charge in [-0.1, -0.05) is 13.8 Å². The molecular weight excluding hydrogens is 304 g/mol. The second-order valence-corrected chi connectivity index (χ2v) is 5.30. The average Bonchev–Trinajstić information content (AvgIpc) is 2.86. The van der Waals surface area contributed by atoms with Gasteiger partial charge >= 0.3 is 0 Å². The zero-order valence-corrected chi connectivity index (χ0v) is 12.9. The Morgan fingerprint density at radius 2 is 2.21 bits per heavy atom. The summed E-state index contributed by atoms with van der Waals surface area (Å²) >= 11 is 3.55. The van der Waals surface area contributed by atoms with Crippen LogP contribution in [0, 0.1) is 0 Å². The van der Waals surface area contributed by atoms with Crippen molar-refractivity contribution < 1.29 is 4.42 Å². The Labute approximate surface area is 122 Å². The first-order valence-electron chi connectivity index (χ1n) is 6.67. The molecular formula is C15H19BrN2O. The third-order valence-electron chi connectivity index (χ3n) is 3.14. The number of rotatable bonds is 6. The molecule has 19 heavy (non-hydrogen) atoms. The summed E-state index contributed by atoms with van der Waals surface area (Å²) in [6, 6.07) is 4.08. The van der Waals surface area contributed by atoms with Crippen LogP contribution >= 0.6 is 15.9 Å². The van der Waals surface area contributed by atoms with Crippen molar-refractivity contribution in [3.63, 3.8) is 0 Å². The molecule has 102 valence electrons. The van der Waals surface area contributed by atoms with Gasteiger partial charge in [0.25, 0.3) is 0 Å². The Bertz CT molecular complexity index is 524. The van der Waals surface area contributed by atoms with Crippen molar-refractivity contribution in [2.45, 2.75) is 32.7 Å². The molecule has 0 spiro atoms. The molecule has 4 heteroatoms. The van der Waals surface area contributed by atoms with Gasteiger partial charge in [-0.3, -0.25) is 4.98 Å². The van der Waals surface area contributed by atoms with E-state index in [0.29, 0.717) is 0 Å². The number of nitrogens with one attached hydrogen (secondary N) is 1. The van der Waals surface area contributed by atoms with Crippen molar-refractivity contribution in [1.82, 2.24) is 10.3 Å². The van der Waals surface area contributed by atoms with Crippen molar-refractivity contribution in [3.8, 4) is 0 Å². The first-order valence-corrected chi connectivity index (χ1v) is 7.46. The maximum atomic E-state index is 5.65. The first kappa shape index (κ1) is 14.3. The number of hydrogen-bond acceptors (Lipinski definition) is 3. The Morgan fingerprint density at radius 3 is 2.84 bits per heavy atom. The molecule has 0 saturated carbocycles. The fourth-order valence-electron chi connectivity index (χ4n) is 2.16. The standard InChI is InChI=1S/C15H19BrN2O/c1-3-7-18-14(15-13(16)6-9-19-15)12-5-8-17-10-11(12)4-2/h5-6,8-10,14,18H,3-4,7H2,1-2H3. The molecule has 3 nitrogen and oxygen atoms in total. The monoisotopic (exact) mass is 322 g/mol. The van der Waals surface area contributed by atoms with Crippen molar-refractivity contribution in [2.75, 3.05) is 6.54 Å². The molecule has 0 aliphatic heterocycles. The Kier molecular flexibility index (Phi) is 5.16. The second kappa shape index (κ2) is 6.87. The van der Waals surface area contributed by atoms with Crippen molar-refractivity contribution in [1.29, 1.82) is 0 Å². The van der Waals surface area contributed by atoms with Crippen LogP contribution in [0.3, 0.4) is 0 Å². The average molecular weight is 323 g/mol. The van der Waals surface area contributed by atoms with Crippen LogP contribution in [-0.4, -0.2) is 11.5 Å². The van der Waals surface area contributed by atoms with Crippen LogP contribution in [0.2, 0.25) is 0 Å². The van der Waals surface area contributed by atoms with Gasteiger partial charge in [0.15, 0.2) is 0 Å². The summed E-state index contributed by atoms with van der Waals surface area (Å²) in [6.07, 6.45) is 7.54. The van der Waals surface area contributed by atoms with Gasteiger partial charge in [-0.25, -0.2) is 0 Å². The van der Waals surface area contributed by atoms with Gasteiger partial charge in [0.1, 0.15) is 5.76 Å². The Morgan fingerprint density at radius 1 is 1.37 bits per heavy atom. The van der Waals surface area contributed by atoms with Gasteiger partial charge in [-0.05, 0) is 58.6 Å². The topological polar surface area (TPSA) is 38.1 Å². The third-order valence-corrected chi connectivity index (χ3v) is 3.79.